The van der Waals surface area contributed by atoms with E-state index >= 15 is 0 Å². The number of para-hydroxylation sites is 1. The number of hydrogen-bond acceptors (Lipinski definition) is 8. The molecule has 144 valence electrons. The van der Waals surface area contributed by atoms with E-state index in [4.69, 9.17) is 5.26 Å². The van der Waals surface area contributed by atoms with Crippen LogP contribution in [-0.4, -0.2) is 19.7 Å². The third-order valence-electron chi connectivity index (χ3n) is 4.20. The highest BCUT2D eigenvalue weighted by molar-refractivity contribution is 8.00. The van der Waals surface area contributed by atoms with Crippen LogP contribution in [0.2, 0.25) is 0 Å². The predicted octanol–water partition coefficient (Wildman–Crippen LogP) is 4.12. The molecule has 2 aromatic heterocycles. The predicted molar refractivity (Wildman–Crippen MR) is 116 cm³/mol. The first-order valence-electron chi connectivity index (χ1n) is 8.79. The second-order valence-electron chi connectivity index (χ2n) is 6.25. The number of thioether (sulfide) groups is 1. The molecule has 9 heteroatoms. The summed E-state index contributed by atoms with van der Waals surface area (Å²) in [5.74, 6) is 0.962. The van der Waals surface area contributed by atoms with Gasteiger partial charge in [-0.05, 0) is 31.2 Å². The van der Waals surface area contributed by atoms with Crippen molar-refractivity contribution in [2.45, 2.75) is 23.6 Å². The molecule has 29 heavy (non-hydrogen) atoms. The van der Waals surface area contributed by atoms with Crippen LogP contribution < -0.4 is 10.9 Å². The lowest BCUT2D eigenvalue weighted by Gasteiger charge is -2.09. The summed E-state index contributed by atoms with van der Waals surface area (Å²) >= 11 is 2.87. The van der Waals surface area contributed by atoms with Gasteiger partial charge in [0.1, 0.15) is 12.4 Å². The first-order valence-corrected chi connectivity index (χ1v) is 10.6. The van der Waals surface area contributed by atoms with Gasteiger partial charge in [0, 0.05) is 5.69 Å². The van der Waals surface area contributed by atoms with E-state index in [1.165, 1.54) is 33.2 Å². The van der Waals surface area contributed by atoms with Crippen LogP contribution in [0.15, 0.2) is 57.7 Å². The molecule has 2 aromatic carbocycles. The fourth-order valence-electron chi connectivity index (χ4n) is 2.76. The highest BCUT2D eigenvalue weighted by Crippen LogP contribution is 2.29. The molecular weight excluding hydrogens is 404 g/mol. The van der Waals surface area contributed by atoms with Crippen LogP contribution in [0, 0.1) is 18.3 Å². The Labute approximate surface area is 175 Å². The van der Waals surface area contributed by atoms with Gasteiger partial charge in [0.05, 0.1) is 22.7 Å². The molecule has 0 aliphatic rings. The fourth-order valence-corrected chi connectivity index (χ4v) is 4.48. The normalized spacial score (nSPS) is 10.8. The zero-order valence-corrected chi connectivity index (χ0v) is 17.1. The Morgan fingerprint density at radius 2 is 1.97 bits per heavy atom. The number of aryl methyl sites for hydroxylation is 1. The molecule has 0 radical (unpaired) electrons. The number of nitrogens with zero attached hydrogens (tertiary/aromatic N) is 5. The minimum Gasteiger partial charge on any atom is -0.330 e. The average Bonchev–Trinajstić information content (AvgIpc) is 3.18. The summed E-state index contributed by atoms with van der Waals surface area (Å²) in [5.41, 5.74) is 2.56. The van der Waals surface area contributed by atoms with Crippen LogP contribution in [0.4, 0.5) is 10.8 Å². The van der Waals surface area contributed by atoms with E-state index in [0.29, 0.717) is 27.6 Å². The molecule has 0 atom stereocenters. The van der Waals surface area contributed by atoms with E-state index < -0.39 is 0 Å². The summed E-state index contributed by atoms with van der Waals surface area (Å²) < 4.78 is 2.17. The Bertz CT molecular complexity index is 1260. The molecule has 0 aliphatic carbocycles. The van der Waals surface area contributed by atoms with Gasteiger partial charge < -0.3 is 5.32 Å². The molecule has 2 heterocycles. The van der Waals surface area contributed by atoms with Gasteiger partial charge in [-0.3, -0.25) is 9.36 Å². The van der Waals surface area contributed by atoms with Crippen LogP contribution in [0.3, 0.4) is 0 Å². The van der Waals surface area contributed by atoms with Gasteiger partial charge in [0.25, 0.3) is 5.56 Å². The molecular formula is C20H16N6OS2. The molecule has 0 fully saturated rings. The number of fused-ring (bicyclic) bond motifs is 1. The van der Waals surface area contributed by atoms with E-state index in [0.717, 1.165) is 10.0 Å². The first-order chi connectivity index (χ1) is 14.1. The number of anilines is 2. The average molecular weight is 421 g/mol. The molecule has 4 aromatic rings. The minimum atomic E-state index is -0.202. The van der Waals surface area contributed by atoms with Crippen molar-refractivity contribution in [3.63, 3.8) is 0 Å². The molecule has 4 rings (SSSR count). The molecule has 1 N–H and O–H groups in total. The van der Waals surface area contributed by atoms with E-state index in [9.17, 15) is 4.79 Å². The topological polar surface area (TPSA) is 96.5 Å². The Morgan fingerprint density at radius 3 is 2.76 bits per heavy atom. The molecule has 0 amide bonds. The van der Waals surface area contributed by atoms with Gasteiger partial charge in [-0.1, -0.05) is 52.9 Å². The maximum Gasteiger partial charge on any atom is 0.262 e. The number of hydrogen-bond donors (Lipinski definition) is 1. The first kappa shape index (κ1) is 19.1. The molecule has 0 bridgehead atoms. The minimum absolute atomic E-state index is 0.0388. The smallest absolute Gasteiger partial charge is 0.262 e. The van der Waals surface area contributed by atoms with Crippen molar-refractivity contribution in [1.82, 2.24) is 19.7 Å². The maximum absolute atomic E-state index is 12.7. The van der Waals surface area contributed by atoms with Crippen molar-refractivity contribution >= 4 is 44.8 Å². The monoisotopic (exact) mass is 420 g/mol. The van der Waals surface area contributed by atoms with Gasteiger partial charge in [-0.25, -0.2) is 4.98 Å². The lowest BCUT2D eigenvalue weighted by molar-refractivity contribution is 0.730. The molecule has 0 spiro atoms. The number of aromatic nitrogens is 4. The number of benzene rings is 2. The van der Waals surface area contributed by atoms with Crippen molar-refractivity contribution < 1.29 is 0 Å². The zero-order valence-electron chi connectivity index (χ0n) is 15.5. The standard InChI is InChI=1S/C20H16N6OS2/c1-13-6-8-14(9-7-13)22-19-24-25-20(29-19)28-12-17-23-16-5-3-2-4-15(16)18(27)26(17)11-10-21/h2-9H,11-12H2,1H3,(H,22,24). The summed E-state index contributed by atoms with van der Waals surface area (Å²) in [6, 6.07) is 17.2. The molecule has 0 saturated heterocycles. The Morgan fingerprint density at radius 1 is 1.17 bits per heavy atom. The largest absolute Gasteiger partial charge is 0.330 e. The third-order valence-corrected chi connectivity index (χ3v) is 6.17. The Balaban J connectivity index is 1.53. The van der Waals surface area contributed by atoms with Crippen LogP contribution in [0.5, 0.6) is 0 Å². The lowest BCUT2D eigenvalue weighted by atomic mass is 10.2. The van der Waals surface area contributed by atoms with Crippen LogP contribution >= 0.6 is 23.1 Å². The maximum atomic E-state index is 12.7. The third kappa shape index (κ3) is 4.29. The van der Waals surface area contributed by atoms with Gasteiger partial charge in [-0.2, -0.15) is 5.26 Å². The lowest BCUT2D eigenvalue weighted by Crippen LogP contribution is -2.24. The zero-order chi connectivity index (χ0) is 20.2. The van der Waals surface area contributed by atoms with Crippen LogP contribution in [-0.2, 0) is 12.3 Å². The van der Waals surface area contributed by atoms with Crippen molar-refractivity contribution in [2.75, 3.05) is 5.32 Å². The van der Waals surface area contributed by atoms with E-state index in [1.54, 1.807) is 18.2 Å². The Hall–Kier alpha value is -3.22. The summed E-state index contributed by atoms with van der Waals surface area (Å²) in [7, 11) is 0. The SMILES string of the molecule is Cc1ccc(Nc2nnc(SCc3nc4ccccc4c(=O)n3CC#N)s2)cc1. The van der Waals surface area contributed by atoms with Crippen molar-refractivity contribution in [3.8, 4) is 6.07 Å². The van der Waals surface area contributed by atoms with Crippen LogP contribution in [0.1, 0.15) is 11.4 Å². The van der Waals surface area contributed by atoms with E-state index in [2.05, 4.69) is 20.5 Å². The number of nitrogens with one attached hydrogen (secondary N) is 1. The summed E-state index contributed by atoms with van der Waals surface area (Å²) in [6.45, 7) is 2.00. The van der Waals surface area contributed by atoms with E-state index in [1.807, 2.05) is 43.3 Å². The summed E-state index contributed by atoms with van der Waals surface area (Å²) in [5, 5.41) is 21.9. The fraction of sp³-hybridized carbons (Fsp3) is 0.150. The molecule has 7 nitrogen and oxygen atoms in total. The molecule has 0 saturated carbocycles. The number of rotatable bonds is 6. The molecule has 0 unspecified atom stereocenters. The van der Waals surface area contributed by atoms with Crippen molar-refractivity contribution in [3.05, 3.63) is 70.3 Å². The quantitative estimate of drug-likeness (QED) is 0.469. The van der Waals surface area contributed by atoms with Crippen molar-refractivity contribution in [2.24, 2.45) is 0 Å². The molecule has 0 aliphatic heterocycles. The highest BCUT2D eigenvalue weighted by atomic mass is 32.2. The van der Waals surface area contributed by atoms with Crippen LogP contribution in [0.25, 0.3) is 10.9 Å². The van der Waals surface area contributed by atoms with Gasteiger partial charge in [-0.15, -0.1) is 10.2 Å². The summed E-state index contributed by atoms with van der Waals surface area (Å²) in [4.78, 5) is 17.3. The van der Waals surface area contributed by atoms with Gasteiger partial charge >= 0.3 is 0 Å². The Kier molecular flexibility index (Phi) is 5.55. The van der Waals surface area contributed by atoms with Gasteiger partial charge in [0.15, 0.2) is 4.34 Å². The summed E-state index contributed by atoms with van der Waals surface area (Å²) in [6.07, 6.45) is 0. The van der Waals surface area contributed by atoms with Gasteiger partial charge in [0.2, 0.25) is 5.13 Å². The van der Waals surface area contributed by atoms with E-state index in [-0.39, 0.29) is 12.1 Å². The van der Waals surface area contributed by atoms with Crippen molar-refractivity contribution in [1.29, 1.82) is 5.26 Å². The second kappa shape index (κ2) is 8.43. The number of nitriles is 1. The second-order valence-corrected chi connectivity index (χ2v) is 8.45. The highest BCUT2D eigenvalue weighted by Gasteiger charge is 2.13.